The maximum atomic E-state index is 5.97. The van der Waals surface area contributed by atoms with Gasteiger partial charge >= 0.3 is 0 Å². The summed E-state index contributed by atoms with van der Waals surface area (Å²) in [6.45, 7) is 5.16. The molecule has 2 rings (SSSR count). The Bertz CT molecular complexity index is 531. The van der Waals surface area contributed by atoms with Crippen molar-refractivity contribution in [2.75, 3.05) is 6.54 Å². The van der Waals surface area contributed by atoms with E-state index in [0.29, 0.717) is 0 Å². The van der Waals surface area contributed by atoms with Crippen molar-refractivity contribution in [3.05, 3.63) is 52.3 Å². The van der Waals surface area contributed by atoms with Crippen LogP contribution in [0, 0.1) is 0 Å². The molecule has 102 valence electrons. The van der Waals surface area contributed by atoms with Crippen LogP contribution in [0.3, 0.4) is 0 Å². The molecule has 0 amide bonds. The van der Waals surface area contributed by atoms with Crippen LogP contribution in [0.2, 0.25) is 5.02 Å². The zero-order valence-corrected chi connectivity index (χ0v) is 12.4. The van der Waals surface area contributed by atoms with Crippen molar-refractivity contribution in [2.45, 2.75) is 26.3 Å². The van der Waals surface area contributed by atoms with Crippen molar-refractivity contribution in [2.24, 2.45) is 7.05 Å². The zero-order valence-electron chi connectivity index (χ0n) is 11.7. The monoisotopic (exact) mass is 277 g/mol. The lowest BCUT2D eigenvalue weighted by molar-refractivity contribution is 0.625. The van der Waals surface area contributed by atoms with Gasteiger partial charge in [0.15, 0.2) is 0 Å². The fourth-order valence-electron chi connectivity index (χ4n) is 2.34. The second kappa shape index (κ2) is 6.22. The quantitative estimate of drug-likeness (QED) is 0.908. The van der Waals surface area contributed by atoms with Crippen LogP contribution in [0.4, 0.5) is 0 Å². The van der Waals surface area contributed by atoms with Gasteiger partial charge in [0, 0.05) is 23.8 Å². The second-order valence-corrected chi connectivity index (χ2v) is 5.04. The molecule has 0 aliphatic carbocycles. The number of halogens is 1. The highest BCUT2D eigenvalue weighted by molar-refractivity contribution is 6.30. The molecule has 1 heterocycles. The lowest BCUT2D eigenvalue weighted by Gasteiger charge is -2.18. The van der Waals surface area contributed by atoms with Crippen LogP contribution >= 0.6 is 11.6 Å². The molecule has 0 fully saturated rings. The zero-order chi connectivity index (χ0) is 13.8. The fourth-order valence-corrected chi connectivity index (χ4v) is 2.46. The molecule has 0 saturated carbocycles. The summed E-state index contributed by atoms with van der Waals surface area (Å²) >= 11 is 5.97. The van der Waals surface area contributed by atoms with Crippen molar-refractivity contribution < 1.29 is 0 Å². The molecule has 0 radical (unpaired) electrons. The molecule has 0 bridgehead atoms. The molecule has 2 aromatic rings. The van der Waals surface area contributed by atoms with Crippen molar-refractivity contribution in [1.82, 2.24) is 15.1 Å². The minimum atomic E-state index is 0.172. The van der Waals surface area contributed by atoms with E-state index in [2.05, 4.69) is 42.6 Å². The first-order valence-electron chi connectivity index (χ1n) is 6.67. The van der Waals surface area contributed by atoms with Gasteiger partial charge in [0.2, 0.25) is 0 Å². The van der Waals surface area contributed by atoms with E-state index in [1.165, 1.54) is 11.1 Å². The van der Waals surface area contributed by atoms with Crippen molar-refractivity contribution >= 4 is 11.6 Å². The molecular weight excluding hydrogens is 258 g/mol. The first-order chi connectivity index (χ1) is 9.15. The maximum absolute atomic E-state index is 5.97. The van der Waals surface area contributed by atoms with Gasteiger partial charge in [-0.1, -0.05) is 37.6 Å². The van der Waals surface area contributed by atoms with Crippen LogP contribution < -0.4 is 5.32 Å². The molecule has 1 atom stereocenters. The Hall–Kier alpha value is -1.32. The fraction of sp³-hybridized carbons (Fsp3) is 0.400. The van der Waals surface area contributed by atoms with Crippen LogP contribution in [-0.2, 0) is 13.5 Å². The van der Waals surface area contributed by atoms with Crippen molar-refractivity contribution in [3.63, 3.8) is 0 Å². The third kappa shape index (κ3) is 3.17. The van der Waals surface area contributed by atoms with Gasteiger partial charge in [-0.25, -0.2) is 0 Å². The van der Waals surface area contributed by atoms with Crippen LogP contribution in [0.1, 0.15) is 36.7 Å². The third-order valence-electron chi connectivity index (χ3n) is 3.20. The largest absolute Gasteiger partial charge is 0.306 e. The van der Waals surface area contributed by atoms with Gasteiger partial charge < -0.3 is 5.32 Å². The summed E-state index contributed by atoms with van der Waals surface area (Å²) in [5, 5.41) is 8.82. The number of nitrogens with one attached hydrogen (secondary N) is 1. The molecule has 0 spiro atoms. The first kappa shape index (κ1) is 14.1. The average Bonchev–Trinajstić information content (AvgIpc) is 2.78. The summed E-state index contributed by atoms with van der Waals surface area (Å²) in [6.07, 6.45) is 3.03. The number of benzene rings is 1. The molecule has 3 nitrogen and oxygen atoms in total. The highest BCUT2D eigenvalue weighted by Crippen LogP contribution is 2.26. The maximum Gasteiger partial charge on any atom is 0.0673 e. The van der Waals surface area contributed by atoms with E-state index in [9.17, 15) is 0 Å². The molecule has 4 heteroatoms. The number of hydrogen-bond acceptors (Lipinski definition) is 2. The predicted octanol–water partition coefficient (Wildman–Crippen LogP) is 3.33. The van der Waals surface area contributed by atoms with Crippen LogP contribution in [0.15, 0.2) is 30.5 Å². The number of nitrogens with zero attached hydrogens (tertiary/aromatic N) is 2. The highest BCUT2D eigenvalue weighted by atomic mass is 35.5. The molecule has 0 aliphatic rings. The van der Waals surface area contributed by atoms with Gasteiger partial charge in [-0.15, -0.1) is 0 Å². The Morgan fingerprint density at radius 2 is 1.95 bits per heavy atom. The van der Waals surface area contributed by atoms with E-state index < -0.39 is 0 Å². The van der Waals surface area contributed by atoms with E-state index >= 15 is 0 Å². The number of aryl methyl sites for hydroxylation is 2. The van der Waals surface area contributed by atoms with Crippen LogP contribution in [0.5, 0.6) is 0 Å². The normalized spacial score (nSPS) is 12.6. The molecule has 0 aliphatic heterocycles. The van der Waals surface area contributed by atoms with E-state index in [1.807, 2.05) is 23.9 Å². The molecule has 1 unspecified atom stereocenters. The second-order valence-electron chi connectivity index (χ2n) is 4.60. The summed E-state index contributed by atoms with van der Waals surface area (Å²) in [5.74, 6) is 0. The van der Waals surface area contributed by atoms with Gasteiger partial charge in [-0.2, -0.15) is 5.10 Å². The predicted molar refractivity (Wildman–Crippen MR) is 79.6 cm³/mol. The summed E-state index contributed by atoms with van der Waals surface area (Å²) < 4.78 is 1.88. The number of rotatable bonds is 5. The summed E-state index contributed by atoms with van der Waals surface area (Å²) in [6, 6.07) is 8.18. The Kier molecular flexibility index (Phi) is 4.61. The van der Waals surface area contributed by atoms with Crippen molar-refractivity contribution in [1.29, 1.82) is 0 Å². The molecule has 1 aromatic heterocycles. The van der Waals surface area contributed by atoms with Gasteiger partial charge in [0.05, 0.1) is 11.7 Å². The van der Waals surface area contributed by atoms with Crippen molar-refractivity contribution in [3.8, 4) is 0 Å². The van der Waals surface area contributed by atoms with E-state index in [0.717, 1.165) is 23.7 Å². The smallest absolute Gasteiger partial charge is 0.0673 e. The lowest BCUT2D eigenvalue weighted by Crippen LogP contribution is -2.22. The van der Waals surface area contributed by atoms with Gasteiger partial charge in [0.1, 0.15) is 0 Å². The van der Waals surface area contributed by atoms with E-state index in [4.69, 9.17) is 11.6 Å². The molecule has 19 heavy (non-hydrogen) atoms. The van der Waals surface area contributed by atoms with E-state index in [1.54, 1.807) is 0 Å². The van der Waals surface area contributed by atoms with Gasteiger partial charge in [-0.05, 0) is 30.7 Å². The average molecular weight is 278 g/mol. The van der Waals surface area contributed by atoms with Crippen LogP contribution in [-0.4, -0.2) is 16.3 Å². The summed E-state index contributed by atoms with van der Waals surface area (Å²) in [5.41, 5.74) is 3.60. The molecule has 1 aromatic carbocycles. The lowest BCUT2D eigenvalue weighted by atomic mass is 9.98. The minimum Gasteiger partial charge on any atom is -0.306 e. The highest BCUT2D eigenvalue weighted by Gasteiger charge is 2.18. The van der Waals surface area contributed by atoms with Crippen LogP contribution in [0.25, 0.3) is 0 Å². The number of aromatic nitrogens is 2. The Balaban J connectivity index is 2.41. The molecular formula is C15H20ClN3. The summed E-state index contributed by atoms with van der Waals surface area (Å²) in [4.78, 5) is 0. The molecule has 1 N–H and O–H groups in total. The van der Waals surface area contributed by atoms with E-state index in [-0.39, 0.29) is 6.04 Å². The van der Waals surface area contributed by atoms with Gasteiger partial charge in [-0.3, -0.25) is 4.68 Å². The number of hydrogen-bond donors (Lipinski definition) is 1. The summed E-state index contributed by atoms with van der Waals surface area (Å²) in [7, 11) is 1.97. The molecule has 0 saturated heterocycles. The topological polar surface area (TPSA) is 29.9 Å². The minimum absolute atomic E-state index is 0.172. The Morgan fingerprint density at radius 3 is 2.53 bits per heavy atom. The van der Waals surface area contributed by atoms with Gasteiger partial charge in [0.25, 0.3) is 0 Å². The SMILES string of the molecule is CCNC(c1ccc(Cl)cc1)c1cn(C)nc1CC. The Morgan fingerprint density at radius 1 is 1.26 bits per heavy atom. The third-order valence-corrected chi connectivity index (χ3v) is 3.45. The first-order valence-corrected chi connectivity index (χ1v) is 7.04. The Labute approximate surface area is 119 Å². The standard InChI is InChI=1S/C15H20ClN3/c1-4-14-13(10-19(3)18-14)15(17-5-2)11-6-8-12(16)9-7-11/h6-10,15,17H,4-5H2,1-3H3.